The van der Waals surface area contributed by atoms with Crippen molar-refractivity contribution in [3.05, 3.63) is 0 Å². The van der Waals surface area contributed by atoms with Crippen LogP contribution in [0.1, 0.15) is 0 Å². The van der Waals surface area contributed by atoms with Crippen LogP contribution < -0.4 is 5.73 Å². The van der Waals surface area contributed by atoms with Gasteiger partial charge in [0, 0.05) is 5.75 Å². The Labute approximate surface area is 70.9 Å². The first-order valence-corrected chi connectivity index (χ1v) is 4.10. The lowest BCUT2D eigenvalue weighted by atomic mass is 10.4. The molecular formula is C3H7NO5S2. The van der Waals surface area contributed by atoms with Gasteiger partial charge in [0.1, 0.15) is 6.04 Å². The highest BCUT2D eigenvalue weighted by Crippen LogP contribution is 1.90. The number of hydrogen-bond donors (Lipinski definition) is 3. The average Bonchev–Trinajstić information content (AvgIpc) is 1.98. The maximum atomic E-state index is 10.5. The lowest BCUT2D eigenvalue weighted by molar-refractivity contribution is -0.212. The molecule has 6 nitrogen and oxygen atoms in total. The number of nitrogens with two attached hydrogens (primary N) is 1. The van der Waals surface area contributed by atoms with Crippen molar-refractivity contribution in [1.29, 1.82) is 0 Å². The maximum absolute atomic E-state index is 10.5. The molecule has 2 atom stereocenters. The minimum Gasteiger partial charge on any atom is -0.318 e. The fraction of sp³-hybridized carbons (Fsp3) is 0.667. The van der Waals surface area contributed by atoms with Gasteiger partial charge >= 0.3 is 17.3 Å². The number of carbonyl (C=O) groups is 1. The quantitative estimate of drug-likeness (QED) is 0.230. The zero-order chi connectivity index (χ0) is 8.85. The molecule has 0 aliphatic rings. The van der Waals surface area contributed by atoms with E-state index in [0.29, 0.717) is 0 Å². The zero-order valence-electron chi connectivity index (χ0n) is 5.30. The summed E-state index contributed by atoms with van der Waals surface area (Å²) in [5.41, 5.74) is 5.09. The van der Waals surface area contributed by atoms with Crippen LogP contribution in [-0.4, -0.2) is 26.5 Å². The van der Waals surface area contributed by atoms with Crippen molar-refractivity contribution in [1.82, 2.24) is 0 Å². The largest absolute Gasteiger partial charge is 0.361 e. The van der Waals surface area contributed by atoms with Gasteiger partial charge in [0.25, 0.3) is 0 Å². The molecule has 0 aromatic rings. The van der Waals surface area contributed by atoms with Crippen LogP contribution in [-0.2, 0) is 25.4 Å². The fourth-order valence-electron chi connectivity index (χ4n) is 0.199. The van der Waals surface area contributed by atoms with Crippen molar-refractivity contribution in [3.63, 3.8) is 0 Å². The zero-order valence-corrected chi connectivity index (χ0v) is 7.01. The van der Waals surface area contributed by atoms with E-state index in [-0.39, 0.29) is 5.75 Å². The van der Waals surface area contributed by atoms with Crippen molar-refractivity contribution in [3.8, 4) is 0 Å². The molecule has 0 amide bonds. The van der Waals surface area contributed by atoms with Gasteiger partial charge in [0.2, 0.25) is 0 Å². The topological polar surface area (TPSA) is 98.9 Å². The number of thiol groups is 1. The Balaban J connectivity index is 3.60. The van der Waals surface area contributed by atoms with Crippen LogP contribution in [0.2, 0.25) is 0 Å². The molecule has 8 heteroatoms. The van der Waals surface area contributed by atoms with Crippen LogP contribution in [0.5, 0.6) is 0 Å². The van der Waals surface area contributed by atoms with Crippen LogP contribution in [0, 0.1) is 0 Å². The summed E-state index contributed by atoms with van der Waals surface area (Å²) in [6.45, 7) is 0. The Morgan fingerprint density at radius 2 is 2.36 bits per heavy atom. The molecular weight excluding hydrogens is 194 g/mol. The molecule has 0 aliphatic heterocycles. The van der Waals surface area contributed by atoms with Gasteiger partial charge in [0.15, 0.2) is 0 Å². The minimum atomic E-state index is -2.63. The maximum Gasteiger partial charge on any atom is 0.361 e. The first-order valence-electron chi connectivity index (χ1n) is 2.44. The van der Waals surface area contributed by atoms with Gasteiger partial charge in [-0.05, 0) is 0 Å². The molecule has 0 saturated heterocycles. The van der Waals surface area contributed by atoms with Gasteiger partial charge < -0.3 is 5.73 Å². The molecule has 1 unspecified atom stereocenters. The highest BCUT2D eigenvalue weighted by molar-refractivity contribution is 7.80. The van der Waals surface area contributed by atoms with E-state index in [1.165, 1.54) is 0 Å². The Hall–Kier alpha value is -0.150. The second-order valence-electron chi connectivity index (χ2n) is 1.48. The van der Waals surface area contributed by atoms with E-state index >= 15 is 0 Å². The Bertz CT molecular complexity index is 162. The lowest BCUT2D eigenvalue weighted by Crippen LogP contribution is -2.34. The molecule has 0 spiro atoms. The minimum absolute atomic E-state index is 0.0697. The first-order chi connectivity index (χ1) is 5.07. The van der Waals surface area contributed by atoms with Crippen molar-refractivity contribution in [2.45, 2.75) is 6.04 Å². The molecule has 0 rings (SSSR count). The molecule has 0 aliphatic carbocycles. The van der Waals surface area contributed by atoms with E-state index in [9.17, 15) is 9.00 Å². The van der Waals surface area contributed by atoms with E-state index in [0.717, 1.165) is 0 Å². The molecule has 0 aromatic heterocycles. The van der Waals surface area contributed by atoms with Crippen molar-refractivity contribution in [2.75, 3.05) is 5.75 Å². The van der Waals surface area contributed by atoms with Gasteiger partial charge in [-0.25, -0.2) is 4.79 Å². The number of rotatable bonds is 4. The molecule has 0 aromatic carbocycles. The summed E-state index contributed by atoms with van der Waals surface area (Å²) < 4.78 is 21.3. The summed E-state index contributed by atoms with van der Waals surface area (Å²) in [5.74, 6) is -0.873. The molecule has 11 heavy (non-hydrogen) atoms. The molecule has 0 saturated carbocycles. The van der Waals surface area contributed by atoms with Gasteiger partial charge in [-0.3, -0.25) is 9.44 Å². The van der Waals surface area contributed by atoms with Crippen molar-refractivity contribution < 1.29 is 22.8 Å². The van der Waals surface area contributed by atoms with Crippen molar-refractivity contribution in [2.24, 2.45) is 5.73 Å². The average molecular weight is 201 g/mol. The summed E-state index contributed by atoms with van der Waals surface area (Å²) in [5, 5.41) is 0. The summed E-state index contributed by atoms with van der Waals surface area (Å²) in [7, 11) is 0. The van der Waals surface area contributed by atoms with Gasteiger partial charge in [-0.2, -0.15) is 16.8 Å². The predicted molar refractivity (Wildman–Crippen MR) is 39.8 cm³/mol. The predicted octanol–water partition coefficient (Wildman–Crippen LogP) is -1.15. The summed E-state index contributed by atoms with van der Waals surface area (Å²) in [4.78, 5) is 14.3. The Kier molecular flexibility index (Phi) is 5.42. The first kappa shape index (κ1) is 10.8. The summed E-state index contributed by atoms with van der Waals surface area (Å²) >= 11 is 1.05. The standard InChI is InChI=1S/C3H7NO5S2/c4-2(1-10)3(5)8-9-11(6)7/h2,10H,1,4H2,(H,6,7)/t2-/m0/s1. The van der Waals surface area contributed by atoms with Gasteiger partial charge in [-0.15, -0.1) is 0 Å². The Morgan fingerprint density at radius 1 is 1.82 bits per heavy atom. The van der Waals surface area contributed by atoms with E-state index in [4.69, 9.17) is 10.3 Å². The van der Waals surface area contributed by atoms with E-state index in [1.54, 1.807) is 0 Å². The Morgan fingerprint density at radius 3 is 2.73 bits per heavy atom. The van der Waals surface area contributed by atoms with E-state index < -0.39 is 23.4 Å². The fourth-order valence-corrected chi connectivity index (χ4v) is 0.473. The normalized spacial score (nSPS) is 15.5. The van der Waals surface area contributed by atoms with Gasteiger partial charge in [0.05, 0.1) is 0 Å². The van der Waals surface area contributed by atoms with E-state index in [1.807, 2.05) is 0 Å². The highest BCUT2D eigenvalue weighted by Gasteiger charge is 2.15. The van der Waals surface area contributed by atoms with Crippen molar-refractivity contribution >= 4 is 30.0 Å². The highest BCUT2D eigenvalue weighted by atomic mass is 32.2. The summed E-state index contributed by atoms with van der Waals surface area (Å²) in [6, 6.07) is -0.957. The van der Waals surface area contributed by atoms with Crippen LogP contribution in [0.3, 0.4) is 0 Å². The van der Waals surface area contributed by atoms with Gasteiger partial charge in [-0.1, -0.05) is 4.33 Å². The number of hydrogen-bond acceptors (Lipinski definition) is 6. The second-order valence-corrected chi connectivity index (χ2v) is 2.41. The van der Waals surface area contributed by atoms with Crippen LogP contribution >= 0.6 is 12.6 Å². The smallest absolute Gasteiger partial charge is 0.318 e. The summed E-state index contributed by atoms with van der Waals surface area (Å²) in [6.07, 6.45) is 0. The molecule has 0 fully saturated rings. The third-order valence-electron chi connectivity index (χ3n) is 0.674. The molecule has 0 bridgehead atoms. The van der Waals surface area contributed by atoms with Crippen LogP contribution in [0.4, 0.5) is 0 Å². The number of carbonyl (C=O) groups excluding carboxylic acids is 1. The molecule has 0 heterocycles. The third-order valence-corrected chi connectivity index (χ3v) is 1.25. The molecule has 0 radical (unpaired) electrons. The molecule has 3 N–H and O–H groups in total. The monoisotopic (exact) mass is 201 g/mol. The molecule has 66 valence electrons. The second kappa shape index (κ2) is 5.49. The SMILES string of the molecule is N[C@@H](CS)C(=O)OOS(=O)O. The van der Waals surface area contributed by atoms with Crippen LogP contribution in [0.25, 0.3) is 0 Å². The van der Waals surface area contributed by atoms with Crippen LogP contribution in [0.15, 0.2) is 0 Å². The third kappa shape index (κ3) is 5.16. The lowest BCUT2D eigenvalue weighted by Gasteiger charge is -2.03. The van der Waals surface area contributed by atoms with E-state index in [2.05, 4.69) is 21.9 Å².